The predicted octanol–water partition coefficient (Wildman–Crippen LogP) is 0.341. The van der Waals surface area contributed by atoms with E-state index in [4.69, 9.17) is 5.11 Å². The van der Waals surface area contributed by atoms with Crippen molar-refractivity contribution in [3.05, 3.63) is 0 Å². The van der Waals surface area contributed by atoms with Crippen LogP contribution in [0.3, 0.4) is 0 Å². The van der Waals surface area contributed by atoms with E-state index < -0.39 is 5.97 Å². The zero-order chi connectivity index (χ0) is 14.9. The molecular formula is C18H36ClNaO2. The van der Waals surface area contributed by atoms with Gasteiger partial charge in [0.15, 0.2) is 0 Å². The minimum atomic E-state index is -0.653. The van der Waals surface area contributed by atoms with Gasteiger partial charge in [-0.25, -0.2) is 0 Å². The molecule has 0 saturated carbocycles. The monoisotopic (exact) mass is 342 g/mol. The van der Waals surface area contributed by atoms with Crippen molar-refractivity contribution in [2.24, 2.45) is 0 Å². The van der Waals surface area contributed by atoms with Crippen molar-refractivity contribution < 1.29 is 51.9 Å². The van der Waals surface area contributed by atoms with Crippen LogP contribution in [0.4, 0.5) is 0 Å². The Morgan fingerprint density at radius 3 is 1.18 bits per heavy atom. The molecule has 0 aromatic carbocycles. The summed E-state index contributed by atoms with van der Waals surface area (Å²) in [7, 11) is 0. The Hall–Kier alpha value is 0.760. The third-order valence-electron chi connectivity index (χ3n) is 3.99. The largest absolute Gasteiger partial charge is 1.00 e. The molecule has 1 N–H and O–H groups in total. The maximum atomic E-state index is 10.3. The zero-order valence-electron chi connectivity index (χ0n) is 15.0. The van der Waals surface area contributed by atoms with Gasteiger partial charge in [-0.3, -0.25) is 4.79 Å². The number of halogens is 1. The number of unbranched alkanes of at least 4 members (excludes halogenated alkanes) is 14. The van der Waals surface area contributed by atoms with Crippen LogP contribution in [-0.2, 0) is 4.79 Å². The first-order chi connectivity index (χ1) is 9.77. The van der Waals surface area contributed by atoms with E-state index in [0.717, 1.165) is 12.8 Å². The average Bonchev–Trinajstić information content (AvgIpc) is 2.43. The molecule has 0 heterocycles. The number of carbonyl (C=O) groups is 1. The van der Waals surface area contributed by atoms with Gasteiger partial charge in [-0.05, 0) is 6.42 Å². The molecule has 22 heavy (non-hydrogen) atoms. The van der Waals surface area contributed by atoms with E-state index in [1.54, 1.807) is 0 Å². The fourth-order valence-electron chi connectivity index (χ4n) is 2.65. The summed E-state index contributed by atoms with van der Waals surface area (Å²) in [5.41, 5.74) is 0. The van der Waals surface area contributed by atoms with Gasteiger partial charge in [0.1, 0.15) is 0 Å². The summed E-state index contributed by atoms with van der Waals surface area (Å²) in [6.07, 6.45) is 20.2. The molecule has 2 nitrogen and oxygen atoms in total. The molecular weight excluding hydrogens is 307 g/mol. The van der Waals surface area contributed by atoms with Crippen LogP contribution in [0.2, 0.25) is 0 Å². The molecule has 0 spiro atoms. The average molecular weight is 343 g/mol. The Balaban J connectivity index is -0.00000180. The summed E-state index contributed by atoms with van der Waals surface area (Å²) >= 11 is 0. The van der Waals surface area contributed by atoms with Gasteiger partial charge in [-0.1, -0.05) is 96.8 Å². The number of carboxylic acid groups (broad SMARTS) is 1. The molecule has 128 valence electrons. The maximum absolute atomic E-state index is 10.3. The summed E-state index contributed by atoms with van der Waals surface area (Å²) in [5, 5.41) is 8.52. The molecule has 0 atom stereocenters. The second kappa shape index (κ2) is 24.0. The molecule has 0 fully saturated rings. The number of hydrogen-bond donors (Lipinski definition) is 1. The van der Waals surface area contributed by atoms with Crippen LogP contribution in [0.5, 0.6) is 0 Å². The summed E-state index contributed by atoms with van der Waals surface area (Å²) in [4.78, 5) is 10.3. The van der Waals surface area contributed by atoms with Crippen LogP contribution in [0.25, 0.3) is 0 Å². The van der Waals surface area contributed by atoms with Gasteiger partial charge in [-0.15, -0.1) is 0 Å². The second-order valence-electron chi connectivity index (χ2n) is 6.09. The van der Waals surface area contributed by atoms with Gasteiger partial charge >= 0.3 is 35.5 Å². The van der Waals surface area contributed by atoms with E-state index in [2.05, 4.69) is 6.92 Å². The molecule has 0 radical (unpaired) electrons. The fraction of sp³-hybridized carbons (Fsp3) is 0.944. The molecule has 0 amide bonds. The normalized spacial score (nSPS) is 9.86. The Bertz CT molecular complexity index is 213. The third kappa shape index (κ3) is 25.7. The van der Waals surface area contributed by atoms with Gasteiger partial charge in [-0.2, -0.15) is 0 Å². The first kappa shape index (κ1) is 27.6. The van der Waals surface area contributed by atoms with Crippen molar-refractivity contribution in [3.8, 4) is 0 Å². The first-order valence-corrected chi connectivity index (χ1v) is 8.99. The Morgan fingerprint density at radius 2 is 0.909 bits per heavy atom. The minimum absolute atomic E-state index is 0. The minimum Gasteiger partial charge on any atom is -1.00 e. The molecule has 0 bridgehead atoms. The summed E-state index contributed by atoms with van der Waals surface area (Å²) in [6, 6.07) is 0. The van der Waals surface area contributed by atoms with Crippen LogP contribution < -0.4 is 42.0 Å². The topological polar surface area (TPSA) is 37.3 Å². The first-order valence-electron chi connectivity index (χ1n) is 8.99. The van der Waals surface area contributed by atoms with E-state index in [-0.39, 0.29) is 42.0 Å². The van der Waals surface area contributed by atoms with Gasteiger partial charge in [0, 0.05) is 6.42 Å². The van der Waals surface area contributed by atoms with E-state index in [0.29, 0.717) is 6.42 Å². The number of aliphatic carboxylic acids is 1. The fourth-order valence-corrected chi connectivity index (χ4v) is 2.65. The van der Waals surface area contributed by atoms with E-state index in [1.165, 1.54) is 83.5 Å². The Morgan fingerprint density at radius 1 is 0.636 bits per heavy atom. The zero-order valence-corrected chi connectivity index (χ0v) is 17.8. The summed E-state index contributed by atoms with van der Waals surface area (Å²) < 4.78 is 0. The van der Waals surface area contributed by atoms with Crippen molar-refractivity contribution in [3.63, 3.8) is 0 Å². The predicted molar refractivity (Wildman–Crippen MR) is 87.2 cm³/mol. The van der Waals surface area contributed by atoms with Crippen LogP contribution in [0, 0.1) is 0 Å². The van der Waals surface area contributed by atoms with E-state index in [9.17, 15) is 4.79 Å². The maximum Gasteiger partial charge on any atom is 1.00 e. The van der Waals surface area contributed by atoms with Crippen LogP contribution in [-0.4, -0.2) is 11.1 Å². The van der Waals surface area contributed by atoms with Crippen molar-refractivity contribution >= 4 is 5.97 Å². The third-order valence-corrected chi connectivity index (χ3v) is 3.99. The van der Waals surface area contributed by atoms with E-state index in [1.807, 2.05) is 0 Å². The molecule has 0 aliphatic carbocycles. The van der Waals surface area contributed by atoms with Crippen LogP contribution >= 0.6 is 0 Å². The number of carboxylic acids is 1. The van der Waals surface area contributed by atoms with Crippen molar-refractivity contribution in [1.82, 2.24) is 0 Å². The van der Waals surface area contributed by atoms with Crippen LogP contribution in [0.15, 0.2) is 0 Å². The molecule has 0 saturated heterocycles. The number of rotatable bonds is 16. The van der Waals surface area contributed by atoms with Gasteiger partial charge in [0.2, 0.25) is 0 Å². The van der Waals surface area contributed by atoms with Crippen LogP contribution in [0.1, 0.15) is 110 Å². The molecule has 4 heteroatoms. The SMILES string of the molecule is CCCCCCCCCCCCCCCCCC(=O)O.[Cl-].[Na+]. The molecule has 0 rings (SSSR count). The smallest absolute Gasteiger partial charge is 1.00 e. The second-order valence-corrected chi connectivity index (χ2v) is 6.09. The van der Waals surface area contributed by atoms with Crippen molar-refractivity contribution in [2.75, 3.05) is 0 Å². The Kier molecular flexibility index (Phi) is 30.1. The van der Waals surface area contributed by atoms with E-state index >= 15 is 0 Å². The molecule has 0 aliphatic rings. The van der Waals surface area contributed by atoms with Crippen molar-refractivity contribution in [2.45, 2.75) is 110 Å². The molecule has 0 aromatic heterocycles. The van der Waals surface area contributed by atoms with Gasteiger partial charge in [0.05, 0.1) is 0 Å². The molecule has 0 unspecified atom stereocenters. The summed E-state index contributed by atoms with van der Waals surface area (Å²) in [6.45, 7) is 2.27. The molecule has 0 aromatic rings. The van der Waals surface area contributed by atoms with Gasteiger partial charge < -0.3 is 17.5 Å². The van der Waals surface area contributed by atoms with Gasteiger partial charge in [0.25, 0.3) is 0 Å². The summed E-state index contributed by atoms with van der Waals surface area (Å²) in [5.74, 6) is -0.653. The van der Waals surface area contributed by atoms with Crippen molar-refractivity contribution in [1.29, 1.82) is 0 Å². The molecule has 0 aliphatic heterocycles. The Labute approximate surface area is 166 Å². The quantitative estimate of drug-likeness (QED) is 0.324. The standard InChI is InChI=1S/C18H36O2.ClH.Na/c1-2-3-4-5-6-7-8-9-10-11-12-13-14-15-16-17-18(19)20;;/h2-17H2,1H3,(H,19,20);1H;/q;;+1/p-1. The number of hydrogen-bond acceptors (Lipinski definition) is 1.